The number of nitrogens with one attached hydrogen (secondary N) is 2. The van der Waals surface area contributed by atoms with Gasteiger partial charge in [0.25, 0.3) is 0 Å². The Hall–Kier alpha value is -1.19. The molecule has 1 heterocycles. The third kappa shape index (κ3) is 1.65. The first-order chi connectivity index (χ1) is 4.83. The van der Waals surface area contributed by atoms with E-state index in [1.165, 1.54) is 13.1 Å². The number of H-pyrrole nitrogens is 1. The van der Waals surface area contributed by atoms with Crippen molar-refractivity contribution in [1.82, 2.24) is 9.97 Å². The molecule has 2 N–H and O–H groups in total. The summed E-state index contributed by atoms with van der Waals surface area (Å²) in [5, 5.41) is 2.61. The van der Waals surface area contributed by atoms with E-state index < -0.39 is 5.69 Å². The molecule has 0 bridgehead atoms. The molecule has 0 aliphatic heterocycles. The number of nitrogens with zero attached hydrogens (tertiary/aromatic N) is 1. The molecule has 47 valence electrons. The van der Waals surface area contributed by atoms with Crippen LogP contribution in [0.4, 0.5) is 5.82 Å². The summed E-state index contributed by atoms with van der Waals surface area (Å²) in [4.78, 5) is 16.3. The van der Waals surface area contributed by atoms with E-state index in [2.05, 4.69) is 15.2 Å². The van der Waals surface area contributed by atoms with Crippen LogP contribution >= 0.6 is 0 Å². The van der Waals surface area contributed by atoms with E-state index in [-0.39, 0.29) is 0 Å². The number of anilines is 1. The van der Waals surface area contributed by atoms with Gasteiger partial charge in [-0.25, -0.2) is 0 Å². The zero-order valence-corrected chi connectivity index (χ0v) is 5.16. The van der Waals surface area contributed by atoms with E-state index in [0.29, 0.717) is 5.82 Å². The summed E-state index contributed by atoms with van der Waals surface area (Å²) in [5.41, 5.74) is -0.396. The number of rotatable bonds is 2. The van der Waals surface area contributed by atoms with Gasteiger partial charge in [-0.3, -0.25) is 0 Å². The normalized spacial score (nSPS) is 8.30. The Kier molecular flexibility index (Phi) is 2.15. The Labute approximate surface area is 59.0 Å². The van der Waals surface area contributed by atoms with Crippen molar-refractivity contribution in [2.75, 3.05) is 5.23 Å². The van der Waals surface area contributed by atoms with Crippen molar-refractivity contribution >= 4 is 20.1 Å². The van der Waals surface area contributed by atoms with Crippen molar-refractivity contribution in [3.05, 3.63) is 22.7 Å². The van der Waals surface area contributed by atoms with Crippen molar-refractivity contribution in [3.63, 3.8) is 0 Å². The quantitative estimate of drug-likeness (QED) is 0.501. The molecule has 1 radical (unpaired) electrons. The Balaban J connectivity index is 2.95. The van der Waals surface area contributed by atoms with Gasteiger partial charge in [0.1, 0.15) is 0 Å². The predicted octanol–water partition coefficient (Wildman–Crippen LogP) is -1.12. The molecule has 1 aromatic heterocycles. The number of hydrogen-bond acceptors (Lipinski definition) is 3. The van der Waals surface area contributed by atoms with Gasteiger partial charge in [-0.2, -0.15) is 0 Å². The molecular formula is C4H4B2N3O. The van der Waals surface area contributed by atoms with Gasteiger partial charge >= 0.3 is 58.1 Å². The Morgan fingerprint density at radius 2 is 2.60 bits per heavy atom. The van der Waals surface area contributed by atoms with Gasteiger partial charge in [0.15, 0.2) is 0 Å². The fourth-order valence-corrected chi connectivity index (χ4v) is 0.543. The van der Waals surface area contributed by atoms with E-state index in [9.17, 15) is 4.79 Å². The molecule has 4 nitrogen and oxygen atoms in total. The third-order valence-electron chi connectivity index (χ3n) is 0.913. The predicted molar refractivity (Wildman–Crippen MR) is 40.0 cm³/mol. The van der Waals surface area contributed by atoms with Gasteiger partial charge in [-0.15, -0.1) is 0 Å². The van der Waals surface area contributed by atoms with Crippen molar-refractivity contribution < 1.29 is 0 Å². The Bertz CT molecular complexity index is 284. The van der Waals surface area contributed by atoms with Crippen molar-refractivity contribution in [3.8, 4) is 0 Å². The van der Waals surface area contributed by atoms with Crippen LogP contribution in [-0.4, -0.2) is 24.3 Å². The first kappa shape index (κ1) is 6.92. The van der Waals surface area contributed by atoms with Crippen LogP contribution in [0, 0.1) is 0 Å². The minimum atomic E-state index is -0.396. The van der Waals surface area contributed by atoms with Crippen LogP contribution in [0.5, 0.6) is 0 Å². The average Bonchev–Trinajstić information content (AvgIpc) is 1.88. The monoisotopic (exact) mass is 132 g/mol. The molecule has 0 fully saturated rings. The van der Waals surface area contributed by atoms with E-state index in [0.717, 1.165) is 0 Å². The van der Waals surface area contributed by atoms with Crippen LogP contribution in [0.2, 0.25) is 0 Å². The molecule has 0 saturated heterocycles. The third-order valence-corrected chi connectivity index (χ3v) is 0.913. The summed E-state index contributed by atoms with van der Waals surface area (Å²) in [6, 6.07) is 1.60. The minimum absolute atomic E-state index is 0.396. The molecule has 0 atom stereocenters. The zero-order chi connectivity index (χ0) is 7.40. The van der Waals surface area contributed by atoms with Crippen LogP contribution in [0.1, 0.15) is 0 Å². The van der Waals surface area contributed by atoms with Crippen molar-refractivity contribution in [2.45, 2.75) is 0 Å². The molecule has 0 unspecified atom stereocenters. The van der Waals surface area contributed by atoms with Gasteiger partial charge in [-0.05, 0) is 0 Å². The molecular weight excluding hydrogens is 128 g/mol. The second-order valence-corrected chi connectivity index (χ2v) is 1.60. The van der Waals surface area contributed by atoms with Crippen LogP contribution in [0.25, 0.3) is 0 Å². The molecule has 1 rings (SSSR count). The molecule has 1 aromatic rings. The molecule has 6 heteroatoms. The van der Waals surface area contributed by atoms with Gasteiger partial charge in [-0.1, -0.05) is 0 Å². The van der Waals surface area contributed by atoms with Gasteiger partial charge in [0.05, 0.1) is 0 Å². The second-order valence-electron chi connectivity index (χ2n) is 1.60. The maximum atomic E-state index is 10.5. The summed E-state index contributed by atoms with van der Waals surface area (Å²) in [5.74, 6) is 0.530. The fourth-order valence-electron chi connectivity index (χ4n) is 0.543. The summed E-state index contributed by atoms with van der Waals surface area (Å²) in [6.45, 7) is 1.23. The van der Waals surface area contributed by atoms with Crippen molar-refractivity contribution in [1.29, 1.82) is 0 Å². The molecule has 10 heavy (non-hydrogen) atoms. The molecule has 0 amide bonds. The molecule has 0 aliphatic rings. The van der Waals surface area contributed by atoms with E-state index in [1.807, 2.05) is 0 Å². The average molecular weight is 132 g/mol. The zero-order valence-electron chi connectivity index (χ0n) is 5.16. The van der Waals surface area contributed by atoms with E-state index in [1.54, 1.807) is 6.07 Å². The molecule has 0 saturated carbocycles. The van der Waals surface area contributed by atoms with Crippen LogP contribution in [-0.2, 0) is 0 Å². The molecule has 0 spiro atoms. The van der Waals surface area contributed by atoms with Crippen LogP contribution < -0.4 is 10.9 Å². The summed E-state index contributed by atoms with van der Waals surface area (Å²) in [6.07, 6.45) is 1.39. The topological polar surface area (TPSA) is 57.8 Å². The van der Waals surface area contributed by atoms with Gasteiger partial charge < -0.3 is 0 Å². The van der Waals surface area contributed by atoms with Crippen LogP contribution in [0.15, 0.2) is 17.1 Å². The number of hydrogen-bond donors (Lipinski definition) is 2. The number of aromatic nitrogens is 2. The fraction of sp³-hybridized carbons (Fsp3) is 0. The Morgan fingerprint density at radius 3 is 3.20 bits per heavy atom. The first-order valence-electron chi connectivity index (χ1n) is 2.68. The summed E-state index contributed by atoms with van der Waals surface area (Å²) in [7, 11) is 5.03. The molecule has 0 aliphatic carbocycles. The summed E-state index contributed by atoms with van der Waals surface area (Å²) >= 11 is 0. The first-order valence-corrected chi connectivity index (χ1v) is 2.68. The van der Waals surface area contributed by atoms with E-state index >= 15 is 0 Å². The van der Waals surface area contributed by atoms with Gasteiger partial charge in [0, 0.05) is 0 Å². The SMILES string of the molecule is [B]=BNc1ccnc(=O)[nH]1. The second kappa shape index (κ2) is 3.10. The number of aromatic amines is 1. The van der Waals surface area contributed by atoms with Crippen molar-refractivity contribution in [2.24, 2.45) is 0 Å². The standard InChI is InChI=1S/C4H4B2N3O/c5-6-9-3-1-2-7-4(10)8-3/h1-2H,(H2,7,8,9,10). The van der Waals surface area contributed by atoms with Gasteiger partial charge in [0.2, 0.25) is 0 Å². The van der Waals surface area contributed by atoms with E-state index in [4.69, 9.17) is 7.37 Å². The molecule has 0 aromatic carbocycles. The maximum absolute atomic E-state index is 10.5. The summed E-state index contributed by atoms with van der Waals surface area (Å²) < 4.78 is 0. The van der Waals surface area contributed by atoms with Crippen LogP contribution in [0.3, 0.4) is 0 Å². The Morgan fingerprint density at radius 1 is 1.80 bits per heavy atom.